The van der Waals surface area contributed by atoms with Gasteiger partial charge in [-0.3, -0.25) is 4.79 Å². The van der Waals surface area contributed by atoms with Gasteiger partial charge in [-0.05, 0) is 54.8 Å². The number of nitrogens with zero attached hydrogens (tertiary/aromatic N) is 1. The molecule has 1 fully saturated rings. The van der Waals surface area contributed by atoms with Gasteiger partial charge in [0.2, 0.25) is 10.0 Å². The van der Waals surface area contributed by atoms with E-state index >= 15 is 0 Å². The lowest BCUT2D eigenvalue weighted by Gasteiger charge is -2.25. The molecule has 4 rings (SSSR count). The van der Waals surface area contributed by atoms with Crippen LogP contribution in [0.2, 0.25) is 0 Å². The highest BCUT2D eigenvalue weighted by molar-refractivity contribution is 7.99. The number of hydrogen-bond donors (Lipinski definition) is 1. The molecule has 1 aliphatic rings. The van der Waals surface area contributed by atoms with Crippen molar-refractivity contribution in [1.82, 2.24) is 4.31 Å². The fraction of sp³-hybridized carbons (Fsp3) is 0.240. The summed E-state index contributed by atoms with van der Waals surface area (Å²) in [5, 5.41) is 2.98. The predicted octanol–water partition coefficient (Wildman–Crippen LogP) is 5.41. The highest BCUT2D eigenvalue weighted by Crippen LogP contribution is 2.33. The maximum Gasteiger partial charge on any atom is 0.255 e. The largest absolute Gasteiger partial charge is 0.321 e. The lowest BCUT2D eigenvalue weighted by Crippen LogP contribution is -2.36. The summed E-state index contributed by atoms with van der Waals surface area (Å²) in [4.78, 5) is 14.9. The number of carbonyl (C=O) groups is 1. The molecule has 0 aromatic heterocycles. The Labute approximate surface area is 193 Å². The molecule has 7 heteroatoms. The molecule has 32 heavy (non-hydrogen) atoms. The average molecular weight is 467 g/mol. The topological polar surface area (TPSA) is 66.5 Å². The quantitative estimate of drug-likeness (QED) is 0.506. The number of anilines is 1. The summed E-state index contributed by atoms with van der Waals surface area (Å²) in [5.74, 6) is -0.262. The van der Waals surface area contributed by atoms with Gasteiger partial charge < -0.3 is 5.32 Å². The highest BCUT2D eigenvalue weighted by Gasteiger charge is 2.24. The van der Waals surface area contributed by atoms with E-state index in [1.165, 1.54) is 0 Å². The Balaban J connectivity index is 1.42. The van der Waals surface area contributed by atoms with Gasteiger partial charge in [-0.25, -0.2) is 12.7 Å². The second-order valence-corrected chi connectivity index (χ2v) is 10.9. The van der Waals surface area contributed by atoms with Crippen molar-refractivity contribution in [3.63, 3.8) is 0 Å². The molecule has 0 unspecified atom stereocenters. The third-order valence-corrected chi connectivity index (χ3v) is 8.31. The minimum Gasteiger partial charge on any atom is -0.321 e. The molecule has 0 saturated carbocycles. The van der Waals surface area contributed by atoms with Crippen molar-refractivity contribution in [1.29, 1.82) is 0 Å². The monoisotopic (exact) mass is 466 g/mol. The molecule has 1 amide bonds. The number of piperidine rings is 1. The zero-order chi connectivity index (χ0) is 22.4. The molecule has 0 radical (unpaired) electrons. The van der Waals surface area contributed by atoms with E-state index in [1.807, 2.05) is 54.6 Å². The fourth-order valence-corrected chi connectivity index (χ4v) is 6.20. The lowest BCUT2D eigenvalue weighted by molar-refractivity contribution is 0.102. The molecule has 0 aliphatic carbocycles. The number of sulfonamides is 1. The maximum atomic E-state index is 12.8. The van der Waals surface area contributed by atoms with Crippen LogP contribution < -0.4 is 5.32 Å². The Hall–Kier alpha value is -2.61. The average Bonchev–Trinajstić information content (AvgIpc) is 2.82. The first kappa shape index (κ1) is 22.6. The number of rotatable bonds is 7. The fourth-order valence-electron chi connectivity index (χ4n) is 3.67. The number of carbonyl (C=O) groups excluding carboxylic acids is 1. The standard InChI is InChI=1S/C25H26N2O3S2/c28-25(26-23-11-5-6-12-24(23)31-22-9-3-1-4-10-22)21-15-13-20(14-16-21)19-32(29,30)27-17-7-2-8-18-27/h1,3-6,9-16H,2,7-8,17-19H2,(H,26,28). The summed E-state index contributed by atoms with van der Waals surface area (Å²) in [5.41, 5.74) is 1.92. The Bertz CT molecular complexity index is 1160. The van der Waals surface area contributed by atoms with Crippen LogP contribution in [0.4, 0.5) is 5.69 Å². The SMILES string of the molecule is O=C(Nc1ccccc1Sc1ccccc1)c1ccc(CS(=O)(=O)N2CCCCC2)cc1. The first-order chi connectivity index (χ1) is 15.5. The highest BCUT2D eigenvalue weighted by atomic mass is 32.2. The van der Waals surface area contributed by atoms with Crippen LogP contribution in [0, 0.1) is 0 Å². The van der Waals surface area contributed by atoms with Crippen LogP contribution in [-0.4, -0.2) is 31.7 Å². The van der Waals surface area contributed by atoms with Gasteiger partial charge in [-0.2, -0.15) is 0 Å². The third-order valence-electron chi connectivity index (χ3n) is 5.38. The molecule has 0 atom stereocenters. The van der Waals surface area contributed by atoms with E-state index in [1.54, 1.807) is 40.3 Å². The Morgan fingerprint density at radius 1 is 0.844 bits per heavy atom. The van der Waals surface area contributed by atoms with Crippen LogP contribution in [0.3, 0.4) is 0 Å². The number of para-hydroxylation sites is 1. The zero-order valence-corrected chi connectivity index (χ0v) is 19.4. The van der Waals surface area contributed by atoms with E-state index < -0.39 is 10.0 Å². The molecule has 1 aliphatic heterocycles. The van der Waals surface area contributed by atoms with E-state index in [9.17, 15) is 13.2 Å². The van der Waals surface area contributed by atoms with Gasteiger partial charge in [0.05, 0.1) is 11.4 Å². The van der Waals surface area contributed by atoms with Gasteiger partial charge >= 0.3 is 0 Å². The van der Waals surface area contributed by atoms with Crippen LogP contribution in [0.5, 0.6) is 0 Å². The van der Waals surface area contributed by atoms with Crippen molar-refractivity contribution >= 4 is 33.4 Å². The minimum absolute atomic E-state index is 0.0363. The number of nitrogens with one attached hydrogen (secondary N) is 1. The molecule has 1 N–H and O–H groups in total. The molecule has 5 nitrogen and oxygen atoms in total. The van der Waals surface area contributed by atoms with Gasteiger partial charge in [-0.15, -0.1) is 0 Å². The minimum atomic E-state index is -3.32. The Kier molecular flexibility index (Phi) is 7.29. The van der Waals surface area contributed by atoms with Crippen molar-refractivity contribution in [2.24, 2.45) is 0 Å². The lowest BCUT2D eigenvalue weighted by atomic mass is 10.1. The summed E-state index contributed by atoms with van der Waals surface area (Å²) < 4.78 is 26.9. The van der Waals surface area contributed by atoms with Crippen LogP contribution in [0.1, 0.15) is 35.2 Å². The number of benzene rings is 3. The van der Waals surface area contributed by atoms with E-state index in [2.05, 4.69) is 5.32 Å². The van der Waals surface area contributed by atoms with Crippen molar-refractivity contribution in [2.45, 2.75) is 34.8 Å². The molecule has 166 valence electrons. The van der Waals surface area contributed by atoms with Crippen molar-refractivity contribution < 1.29 is 13.2 Å². The van der Waals surface area contributed by atoms with E-state index in [4.69, 9.17) is 0 Å². The van der Waals surface area contributed by atoms with Crippen molar-refractivity contribution in [3.05, 3.63) is 90.0 Å². The molecule has 0 spiro atoms. The first-order valence-corrected chi connectivity index (χ1v) is 13.1. The normalized spacial score (nSPS) is 14.8. The molecule has 3 aromatic rings. The Morgan fingerprint density at radius 2 is 1.50 bits per heavy atom. The van der Waals surface area contributed by atoms with Gasteiger partial charge in [0.25, 0.3) is 5.91 Å². The summed E-state index contributed by atoms with van der Waals surface area (Å²) in [6, 6.07) is 24.5. The smallest absolute Gasteiger partial charge is 0.255 e. The Morgan fingerprint density at radius 3 is 2.22 bits per heavy atom. The molecule has 3 aromatic carbocycles. The van der Waals surface area contributed by atoms with Gasteiger partial charge in [0.1, 0.15) is 0 Å². The second kappa shape index (κ2) is 10.3. The molecular formula is C25H26N2O3S2. The van der Waals surface area contributed by atoms with Gasteiger partial charge in [0.15, 0.2) is 0 Å². The first-order valence-electron chi connectivity index (χ1n) is 10.7. The summed E-state index contributed by atoms with van der Waals surface area (Å²) in [6.45, 7) is 1.20. The second-order valence-electron chi connectivity index (χ2n) is 7.78. The molecule has 1 heterocycles. The number of amides is 1. The van der Waals surface area contributed by atoms with Crippen molar-refractivity contribution in [3.8, 4) is 0 Å². The van der Waals surface area contributed by atoms with Gasteiger partial charge in [-0.1, -0.05) is 60.6 Å². The van der Waals surface area contributed by atoms with Gasteiger partial charge in [0, 0.05) is 28.4 Å². The summed E-state index contributed by atoms with van der Waals surface area (Å²) in [7, 11) is -3.32. The number of hydrogen-bond acceptors (Lipinski definition) is 4. The maximum absolute atomic E-state index is 12.8. The van der Waals surface area contributed by atoms with Crippen LogP contribution in [-0.2, 0) is 15.8 Å². The molecule has 1 saturated heterocycles. The van der Waals surface area contributed by atoms with E-state index in [0.717, 1.165) is 34.7 Å². The summed E-state index contributed by atoms with van der Waals surface area (Å²) >= 11 is 1.59. The van der Waals surface area contributed by atoms with E-state index in [-0.39, 0.29) is 11.7 Å². The van der Waals surface area contributed by atoms with Crippen molar-refractivity contribution in [2.75, 3.05) is 18.4 Å². The van der Waals surface area contributed by atoms with E-state index in [0.29, 0.717) is 24.2 Å². The molecule has 0 bridgehead atoms. The third kappa shape index (κ3) is 5.79. The predicted molar refractivity (Wildman–Crippen MR) is 129 cm³/mol. The van der Waals surface area contributed by atoms with Crippen LogP contribution >= 0.6 is 11.8 Å². The van der Waals surface area contributed by atoms with Crippen LogP contribution in [0.25, 0.3) is 0 Å². The molecular weight excluding hydrogens is 440 g/mol. The van der Waals surface area contributed by atoms with Crippen LogP contribution in [0.15, 0.2) is 88.7 Å². The zero-order valence-electron chi connectivity index (χ0n) is 17.7. The summed E-state index contributed by atoms with van der Waals surface area (Å²) in [6.07, 6.45) is 2.92.